The summed E-state index contributed by atoms with van der Waals surface area (Å²) in [7, 11) is 0. The highest BCUT2D eigenvalue weighted by molar-refractivity contribution is 5.42. The summed E-state index contributed by atoms with van der Waals surface area (Å²) in [5.41, 5.74) is 0.915. The number of nitrogens with one attached hydrogen (secondary N) is 1. The number of rotatable bonds is 6. The van der Waals surface area contributed by atoms with Crippen molar-refractivity contribution in [1.82, 2.24) is 0 Å². The van der Waals surface area contributed by atoms with E-state index >= 15 is 0 Å². The van der Waals surface area contributed by atoms with E-state index < -0.39 is 30.5 Å². The Kier molecular flexibility index (Phi) is 6.67. The van der Waals surface area contributed by atoms with Gasteiger partial charge in [0.15, 0.2) is 6.29 Å². The van der Waals surface area contributed by atoms with Gasteiger partial charge in [0.2, 0.25) is 0 Å². The molecule has 6 heteroatoms. The molecule has 0 radical (unpaired) electrons. The first-order valence-electron chi connectivity index (χ1n) is 9.26. The van der Waals surface area contributed by atoms with Gasteiger partial charge in [-0.1, -0.05) is 37.5 Å². The minimum atomic E-state index is -0.956. The molecule has 1 saturated carbocycles. The topological polar surface area (TPSA) is 91.2 Å². The molecule has 1 aliphatic heterocycles. The lowest BCUT2D eigenvalue weighted by atomic mass is 9.88. The fraction of sp³-hybridized carbons (Fsp3) is 0.684. The van der Waals surface area contributed by atoms with Crippen LogP contribution in [0.4, 0.5) is 5.69 Å². The lowest BCUT2D eigenvalue weighted by Gasteiger charge is -2.43. The molecule has 1 aromatic rings. The average molecular weight is 351 g/mol. The first-order valence-corrected chi connectivity index (χ1v) is 9.26. The van der Waals surface area contributed by atoms with E-state index in [2.05, 4.69) is 5.32 Å². The van der Waals surface area contributed by atoms with Crippen molar-refractivity contribution in [2.45, 2.75) is 62.8 Å². The van der Waals surface area contributed by atoms with Crippen molar-refractivity contribution in [1.29, 1.82) is 0 Å². The van der Waals surface area contributed by atoms with Crippen molar-refractivity contribution in [3.8, 4) is 0 Å². The Balaban J connectivity index is 1.64. The molecule has 1 aromatic carbocycles. The van der Waals surface area contributed by atoms with Gasteiger partial charge >= 0.3 is 0 Å². The van der Waals surface area contributed by atoms with E-state index in [0.717, 1.165) is 31.4 Å². The monoisotopic (exact) mass is 351 g/mol. The van der Waals surface area contributed by atoms with Crippen LogP contribution in [-0.4, -0.2) is 59.2 Å². The van der Waals surface area contributed by atoms with Crippen molar-refractivity contribution in [2.24, 2.45) is 5.92 Å². The molecule has 0 spiro atoms. The molecule has 0 bridgehead atoms. The van der Waals surface area contributed by atoms with Crippen molar-refractivity contribution in [3.63, 3.8) is 0 Å². The highest BCUT2D eigenvalue weighted by atomic mass is 16.7. The minimum Gasteiger partial charge on any atom is -0.394 e. The van der Waals surface area contributed by atoms with Crippen LogP contribution >= 0.6 is 0 Å². The van der Waals surface area contributed by atoms with E-state index in [9.17, 15) is 15.3 Å². The molecule has 5 atom stereocenters. The molecular formula is C19H29NO5. The van der Waals surface area contributed by atoms with Crippen LogP contribution in [0.25, 0.3) is 0 Å². The van der Waals surface area contributed by atoms with Crippen LogP contribution in [0.2, 0.25) is 0 Å². The number of para-hydroxylation sites is 1. The lowest BCUT2D eigenvalue weighted by Crippen LogP contribution is -2.58. The molecule has 25 heavy (non-hydrogen) atoms. The van der Waals surface area contributed by atoms with Gasteiger partial charge < -0.3 is 30.1 Å². The Labute approximate surface area is 148 Å². The maximum Gasteiger partial charge on any atom is 0.184 e. The van der Waals surface area contributed by atoms with Crippen LogP contribution in [0.3, 0.4) is 0 Å². The Morgan fingerprint density at radius 3 is 2.44 bits per heavy atom. The van der Waals surface area contributed by atoms with Crippen LogP contribution in [-0.2, 0) is 9.47 Å². The molecule has 140 valence electrons. The van der Waals surface area contributed by atoms with Crippen molar-refractivity contribution in [3.05, 3.63) is 30.3 Å². The fourth-order valence-corrected chi connectivity index (χ4v) is 3.70. The maximum atomic E-state index is 10.7. The molecule has 1 heterocycles. The van der Waals surface area contributed by atoms with Gasteiger partial charge in [-0.25, -0.2) is 0 Å². The zero-order chi connectivity index (χ0) is 17.6. The van der Waals surface area contributed by atoms with Crippen molar-refractivity contribution >= 4 is 5.69 Å². The van der Waals surface area contributed by atoms with E-state index in [-0.39, 0.29) is 12.7 Å². The highest BCUT2D eigenvalue weighted by Gasteiger charge is 2.45. The van der Waals surface area contributed by atoms with E-state index in [1.807, 2.05) is 30.3 Å². The van der Waals surface area contributed by atoms with Gasteiger partial charge in [0.1, 0.15) is 12.2 Å². The number of hydrogen-bond donors (Lipinski definition) is 4. The van der Waals surface area contributed by atoms with E-state index in [1.165, 1.54) is 6.42 Å². The van der Waals surface area contributed by atoms with Crippen molar-refractivity contribution < 1.29 is 24.8 Å². The summed E-state index contributed by atoms with van der Waals surface area (Å²) in [6.45, 7) is 0.0665. The van der Waals surface area contributed by atoms with Gasteiger partial charge in [0.25, 0.3) is 0 Å². The molecule has 6 nitrogen and oxygen atoms in total. The zero-order valence-electron chi connectivity index (χ0n) is 14.5. The molecule has 1 saturated heterocycles. The molecule has 2 aliphatic rings. The third-order valence-electron chi connectivity index (χ3n) is 5.22. The molecule has 0 amide bonds. The average Bonchev–Trinajstić information content (AvgIpc) is 2.65. The number of ether oxygens (including phenoxy) is 2. The smallest absolute Gasteiger partial charge is 0.184 e. The number of benzene rings is 1. The second kappa shape index (κ2) is 8.96. The predicted octanol–water partition coefficient (Wildman–Crippen LogP) is 1.50. The van der Waals surface area contributed by atoms with Gasteiger partial charge in [0.05, 0.1) is 18.8 Å². The second-order valence-electron chi connectivity index (χ2n) is 7.01. The van der Waals surface area contributed by atoms with Crippen LogP contribution < -0.4 is 5.32 Å². The van der Waals surface area contributed by atoms with Crippen LogP contribution in [0.1, 0.15) is 32.1 Å². The largest absolute Gasteiger partial charge is 0.394 e. The standard InChI is InChI=1S/C19H29NO5/c21-12-16-17(22)15(11-20-13-7-3-1-4-8-13)18(23)19(25-16)24-14-9-5-2-6-10-14/h1,3-4,7-8,14-23H,2,5-6,9-12H2/t15-,16+,17+,18-,19-/m0/s1. The Morgan fingerprint density at radius 2 is 1.76 bits per heavy atom. The molecule has 0 unspecified atom stereocenters. The van der Waals surface area contributed by atoms with E-state index in [0.29, 0.717) is 6.54 Å². The van der Waals surface area contributed by atoms with Gasteiger partial charge in [-0.3, -0.25) is 0 Å². The number of aliphatic hydroxyl groups excluding tert-OH is 3. The number of hydrogen-bond acceptors (Lipinski definition) is 6. The van der Waals surface area contributed by atoms with Gasteiger partial charge in [-0.15, -0.1) is 0 Å². The molecule has 2 fully saturated rings. The Hall–Kier alpha value is -1.18. The first-order chi connectivity index (χ1) is 12.2. The second-order valence-corrected chi connectivity index (χ2v) is 7.01. The van der Waals surface area contributed by atoms with Gasteiger partial charge in [0, 0.05) is 18.2 Å². The van der Waals surface area contributed by atoms with Gasteiger partial charge in [-0.2, -0.15) is 0 Å². The predicted molar refractivity (Wildman–Crippen MR) is 94.1 cm³/mol. The summed E-state index contributed by atoms with van der Waals surface area (Å²) >= 11 is 0. The third kappa shape index (κ3) is 4.71. The van der Waals surface area contributed by atoms with Gasteiger partial charge in [-0.05, 0) is 25.0 Å². The molecule has 3 rings (SSSR count). The van der Waals surface area contributed by atoms with E-state index in [4.69, 9.17) is 9.47 Å². The molecular weight excluding hydrogens is 322 g/mol. The SMILES string of the molecule is OC[C@H]1O[C@H](OC2CCCCC2)[C@@H](O)[C@@H](CNc2ccccc2)[C@H]1O. The highest BCUT2D eigenvalue weighted by Crippen LogP contribution is 2.30. The van der Waals surface area contributed by atoms with Crippen LogP contribution in [0, 0.1) is 5.92 Å². The summed E-state index contributed by atoms with van der Waals surface area (Å²) in [6, 6.07) is 9.63. The van der Waals surface area contributed by atoms with Crippen LogP contribution in [0.5, 0.6) is 0 Å². The normalized spacial score (nSPS) is 34.0. The van der Waals surface area contributed by atoms with E-state index in [1.54, 1.807) is 0 Å². The van der Waals surface area contributed by atoms with Crippen molar-refractivity contribution in [2.75, 3.05) is 18.5 Å². The minimum absolute atomic E-state index is 0.0747. The zero-order valence-corrected chi connectivity index (χ0v) is 14.5. The Bertz CT molecular complexity index is 508. The summed E-state index contributed by atoms with van der Waals surface area (Å²) in [4.78, 5) is 0. The summed E-state index contributed by atoms with van der Waals surface area (Å²) < 4.78 is 11.6. The Morgan fingerprint density at radius 1 is 1.04 bits per heavy atom. The fourth-order valence-electron chi connectivity index (χ4n) is 3.70. The molecule has 0 aromatic heterocycles. The summed E-state index contributed by atoms with van der Waals surface area (Å²) in [5, 5.41) is 33.9. The number of anilines is 1. The molecule has 1 aliphatic carbocycles. The first kappa shape index (κ1) is 18.6. The third-order valence-corrected chi connectivity index (χ3v) is 5.22. The summed E-state index contributed by atoms with van der Waals surface area (Å²) in [5.74, 6) is -0.486. The quantitative estimate of drug-likeness (QED) is 0.621. The lowest BCUT2D eigenvalue weighted by molar-refractivity contribution is -0.301. The number of aliphatic hydroxyl groups is 3. The molecule has 4 N–H and O–H groups in total. The maximum absolute atomic E-state index is 10.7. The summed E-state index contributed by atoms with van der Waals surface area (Å²) in [6.07, 6.45) is 2.00. The van der Waals surface area contributed by atoms with Crippen LogP contribution in [0.15, 0.2) is 30.3 Å².